The quantitative estimate of drug-likeness (QED) is 0.857. The van der Waals surface area contributed by atoms with Gasteiger partial charge in [-0.3, -0.25) is 9.58 Å². The molecule has 2 aliphatic rings. The maximum absolute atomic E-state index is 5.73. The van der Waals surface area contributed by atoms with Gasteiger partial charge < -0.3 is 9.64 Å². The van der Waals surface area contributed by atoms with Crippen LogP contribution in [0.3, 0.4) is 0 Å². The van der Waals surface area contributed by atoms with Crippen LogP contribution in [-0.2, 0) is 18.3 Å². The molecule has 0 saturated carbocycles. The Morgan fingerprint density at radius 1 is 1.30 bits per heavy atom. The molecule has 6 nitrogen and oxygen atoms in total. The number of aromatic nitrogens is 3. The van der Waals surface area contributed by atoms with Crippen LogP contribution in [0.5, 0.6) is 0 Å². The van der Waals surface area contributed by atoms with Crippen LogP contribution in [0.25, 0.3) is 0 Å². The lowest BCUT2D eigenvalue weighted by molar-refractivity contribution is -0.0140. The smallest absolute Gasteiger partial charge is 0.185 e. The molecular weight excluding hydrogens is 310 g/mol. The van der Waals surface area contributed by atoms with E-state index in [1.807, 2.05) is 17.9 Å². The molecule has 2 saturated heterocycles. The Morgan fingerprint density at radius 3 is 2.96 bits per heavy atom. The lowest BCUT2D eigenvalue weighted by Gasteiger charge is -2.34. The molecular formula is C16H23N5OS. The molecule has 23 heavy (non-hydrogen) atoms. The van der Waals surface area contributed by atoms with E-state index < -0.39 is 0 Å². The summed E-state index contributed by atoms with van der Waals surface area (Å²) in [5.41, 5.74) is 2.40. The fourth-order valence-corrected chi connectivity index (χ4v) is 4.30. The maximum Gasteiger partial charge on any atom is 0.185 e. The summed E-state index contributed by atoms with van der Waals surface area (Å²) in [6, 6.07) is 0.247. The third kappa shape index (κ3) is 3.27. The van der Waals surface area contributed by atoms with Gasteiger partial charge in [-0.2, -0.15) is 5.10 Å². The molecule has 4 rings (SSSR count). The number of aryl methyl sites for hydroxylation is 1. The summed E-state index contributed by atoms with van der Waals surface area (Å²) < 4.78 is 7.59. The summed E-state index contributed by atoms with van der Waals surface area (Å²) in [5, 5.41) is 7.66. The minimum absolute atomic E-state index is 0.247. The largest absolute Gasteiger partial charge is 0.378 e. The highest BCUT2D eigenvalue weighted by molar-refractivity contribution is 7.13. The van der Waals surface area contributed by atoms with E-state index >= 15 is 0 Å². The van der Waals surface area contributed by atoms with Crippen molar-refractivity contribution >= 4 is 16.5 Å². The van der Waals surface area contributed by atoms with Crippen LogP contribution >= 0.6 is 11.3 Å². The van der Waals surface area contributed by atoms with Crippen molar-refractivity contribution in [2.75, 3.05) is 37.7 Å². The van der Waals surface area contributed by atoms with Gasteiger partial charge in [-0.05, 0) is 12.8 Å². The van der Waals surface area contributed by atoms with E-state index in [1.54, 1.807) is 11.3 Å². The number of morpholine rings is 1. The number of hydrogen-bond donors (Lipinski definition) is 0. The van der Waals surface area contributed by atoms with E-state index in [9.17, 15) is 0 Å². The van der Waals surface area contributed by atoms with Crippen LogP contribution < -0.4 is 4.90 Å². The highest BCUT2D eigenvalue weighted by Gasteiger charge is 2.28. The Hall–Kier alpha value is -1.44. The predicted octanol–water partition coefficient (Wildman–Crippen LogP) is 2.05. The second-order valence-corrected chi connectivity index (χ2v) is 7.17. The summed E-state index contributed by atoms with van der Waals surface area (Å²) in [6.07, 6.45) is 6.61. The Bertz CT molecular complexity index is 648. The van der Waals surface area contributed by atoms with E-state index in [2.05, 4.69) is 26.5 Å². The first kappa shape index (κ1) is 15.1. The van der Waals surface area contributed by atoms with Crippen molar-refractivity contribution in [3.05, 3.63) is 29.0 Å². The van der Waals surface area contributed by atoms with Crippen molar-refractivity contribution in [2.24, 2.45) is 7.05 Å². The van der Waals surface area contributed by atoms with E-state index in [4.69, 9.17) is 9.72 Å². The van der Waals surface area contributed by atoms with Crippen molar-refractivity contribution in [1.82, 2.24) is 19.7 Å². The van der Waals surface area contributed by atoms with Crippen LogP contribution in [0.4, 0.5) is 5.13 Å². The Morgan fingerprint density at radius 2 is 2.17 bits per heavy atom. The minimum atomic E-state index is 0.247. The van der Waals surface area contributed by atoms with Crippen LogP contribution in [0.15, 0.2) is 17.8 Å². The Kier molecular flexibility index (Phi) is 4.33. The number of nitrogens with zero attached hydrogens (tertiary/aromatic N) is 5. The van der Waals surface area contributed by atoms with Crippen molar-refractivity contribution in [3.8, 4) is 0 Å². The van der Waals surface area contributed by atoms with Gasteiger partial charge in [-0.25, -0.2) is 4.98 Å². The van der Waals surface area contributed by atoms with Gasteiger partial charge in [0.2, 0.25) is 0 Å². The second-order valence-electron chi connectivity index (χ2n) is 6.33. The Balaban J connectivity index is 1.50. The standard InChI is InChI=1S/C16H23N5OS/c1-19-9-13(8-17-19)10-21-6-7-22-11-15(21)14-12-23-16(18-14)20-4-2-3-5-20/h8-9,12,15H,2-7,10-11H2,1H3. The molecule has 4 heterocycles. The van der Waals surface area contributed by atoms with Crippen LogP contribution in [0.1, 0.15) is 30.1 Å². The van der Waals surface area contributed by atoms with Gasteiger partial charge in [0.15, 0.2) is 5.13 Å². The molecule has 0 radical (unpaired) electrons. The zero-order valence-corrected chi connectivity index (χ0v) is 14.3. The molecule has 2 aromatic rings. The maximum atomic E-state index is 5.73. The van der Waals surface area contributed by atoms with Crippen molar-refractivity contribution in [1.29, 1.82) is 0 Å². The highest BCUT2D eigenvalue weighted by Crippen LogP contribution is 2.31. The highest BCUT2D eigenvalue weighted by atomic mass is 32.1. The number of hydrogen-bond acceptors (Lipinski definition) is 6. The summed E-state index contributed by atoms with van der Waals surface area (Å²) in [6.45, 7) is 5.65. The normalized spacial score (nSPS) is 22.8. The lowest BCUT2D eigenvalue weighted by Crippen LogP contribution is -2.39. The van der Waals surface area contributed by atoms with Crippen molar-refractivity contribution in [2.45, 2.75) is 25.4 Å². The molecule has 0 aromatic carbocycles. The average Bonchev–Trinajstić information content (AvgIpc) is 3.28. The summed E-state index contributed by atoms with van der Waals surface area (Å²) in [5.74, 6) is 0. The van der Waals surface area contributed by atoms with Crippen LogP contribution in [0.2, 0.25) is 0 Å². The molecule has 0 bridgehead atoms. The number of anilines is 1. The summed E-state index contributed by atoms with van der Waals surface area (Å²) in [7, 11) is 1.96. The zero-order chi connectivity index (χ0) is 15.6. The molecule has 2 fully saturated rings. The van der Waals surface area contributed by atoms with E-state index in [-0.39, 0.29) is 6.04 Å². The zero-order valence-electron chi connectivity index (χ0n) is 13.5. The van der Waals surface area contributed by atoms with E-state index in [0.717, 1.165) is 45.1 Å². The topological polar surface area (TPSA) is 46.4 Å². The van der Waals surface area contributed by atoms with Gasteiger partial charge in [0.25, 0.3) is 0 Å². The van der Waals surface area contributed by atoms with Gasteiger partial charge in [0.05, 0.1) is 31.1 Å². The van der Waals surface area contributed by atoms with E-state index in [0.29, 0.717) is 0 Å². The first-order valence-electron chi connectivity index (χ1n) is 8.29. The monoisotopic (exact) mass is 333 g/mol. The third-order valence-electron chi connectivity index (χ3n) is 4.61. The molecule has 2 aromatic heterocycles. The lowest BCUT2D eigenvalue weighted by atomic mass is 10.1. The molecule has 124 valence electrons. The van der Waals surface area contributed by atoms with Gasteiger partial charge in [0.1, 0.15) is 0 Å². The van der Waals surface area contributed by atoms with Gasteiger partial charge in [-0.1, -0.05) is 0 Å². The molecule has 1 atom stereocenters. The minimum Gasteiger partial charge on any atom is -0.378 e. The summed E-state index contributed by atoms with van der Waals surface area (Å²) in [4.78, 5) is 9.78. The molecule has 0 aliphatic carbocycles. The number of rotatable bonds is 4. The fourth-order valence-electron chi connectivity index (χ4n) is 3.37. The third-order valence-corrected chi connectivity index (χ3v) is 5.53. The van der Waals surface area contributed by atoms with Crippen molar-refractivity contribution in [3.63, 3.8) is 0 Å². The van der Waals surface area contributed by atoms with Crippen LogP contribution in [0, 0.1) is 0 Å². The second kappa shape index (κ2) is 6.59. The Labute approximate surface area is 140 Å². The van der Waals surface area contributed by atoms with Gasteiger partial charge in [0, 0.05) is 50.4 Å². The summed E-state index contributed by atoms with van der Waals surface area (Å²) >= 11 is 1.77. The first-order chi connectivity index (χ1) is 11.3. The van der Waals surface area contributed by atoms with Gasteiger partial charge in [-0.15, -0.1) is 11.3 Å². The number of ether oxygens (including phenoxy) is 1. The van der Waals surface area contributed by atoms with Crippen LogP contribution in [-0.4, -0.2) is 52.5 Å². The first-order valence-corrected chi connectivity index (χ1v) is 9.17. The SMILES string of the molecule is Cn1cc(CN2CCOCC2c2csc(N3CCCC3)n2)cn1. The number of thiazole rings is 1. The van der Waals surface area contributed by atoms with Crippen molar-refractivity contribution < 1.29 is 4.74 Å². The molecule has 2 aliphatic heterocycles. The molecule has 0 N–H and O–H groups in total. The molecule has 0 spiro atoms. The molecule has 0 amide bonds. The fraction of sp³-hybridized carbons (Fsp3) is 0.625. The predicted molar refractivity (Wildman–Crippen MR) is 90.7 cm³/mol. The molecule has 1 unspecified atom stereocenters. The van der Waals surface area contributed by atoms with E-state index in [1.165, 1.54) is 23.5 Å². The average molecular weight is 333 g/mol. The molecule has 7 heteroatoms. The van der Waals surface area contributed by atoms with Gasteiger partial charge >= 0.3 is 0 Å².